The molecule has 1 fully saturated rings. The van der Waals surface area contributed by atoms with E-state index in [9.17, 15) is 13.2 Å². The van der Waals surface area contributed by atoms with E-state index in [1.807, 2.05) is 37.3 Å². The van der Waals surface area contributed by atoms with E-state index in [-0.39, 0.29) is 34.7 Å². The van der Waals surface area contributed by atoms with Crippen molar-refractivity contribution in [3.63, 3.8) is 0 Å². The Morgan fingerprint density at radius 2 is 1.87 bits per heavy atom. The molecule has 4 rings (SSSR count). The summed E-state index contributed by atoms with van der Waals surface area (Å²) in [6, 6.07) is 17.4. The first-order valence-corrected chi connectivity index (χ1v) is 12.7. The lowest BCUT2D eigenvalue weighted by Crippen LogP contribution is -2.32. The van der Waals surface area contributed by atoms with Crippen LogP contribution in [0.25, 0.3) is 0 Å². The molecule has 2 aromatic carbocycles. The van der Waals surface area contributed by atoms with Crippen molar-refractivity contribution in [3.8, 4) is 0 Å². The van der Waals surface area contributed by atoms with Crippen LogP contribution in [-0.2, 0) is 16.3 Å². The molecule has 3 atom stereocenters. The lowest BCUT2D eigenvalue weighted by atomic mass is 10.1. The second-order valence-corrected chi connectivity index (χ2v) is 11.2. The number of hydrogen-bond acceptors (Lipinski definition) is 6. The Hall–Kier alpha value is -2.32. The van der Waals surface area contributed by atoms with E-state index >= 15 is 0 Å². The average Bonchev–Trinajstić information content (AvgIpc) is 3.20. The zero-order valence-electron chi connectivity index (χ0n) is 16.7. The molecule has 158 valence electrons. The van der Waals surface area contributed by atoms with E-state index in [1.165, 1.54) is 17.3 Å². The van der Waals surface area contributed by atoms with Crippen LogP contribution in [-0.4, -0.2) is 48.3 Å². The van der Waals surface area contributed by atoms with Crippen LogP contribution >= 0.6 is 11.8 Å². The Labute approximate surface area is 181 Å². The molecular weight excluding hydrogens is 418 g/mol. The maximum Gasteiger partial charge on any atom is 0.251 e. The van der Waals surface area contributed by atoms with Gasteiger partial charge in [-0.25, -0.2) is 8.42 Å². The largest absolute Gasteiger partial charge is 0.350 e. The number of carbonyl (C=O) groups is 1. The summed E-state index contributed by atoms with van der Waals surface area (Å²) in [4.78, 5) is 17.0. The highest BCUT2D eigenvalue weighted by Crippen LogP contribution is 2.34. The molecule has 0 bridgehead atoms. The summed E-state index contributed by atoms with van der Waals surface area (Å²) in [7, 11) is -2.95. The van der Waals surface area contributed by atoms with Crippen molar-refractivity contribution in [1.82, 2.24) is 5.32 Å². The molecule has 1 saturated heterocycles. The molecule has 0 spiro atoms. The van der Waals surface area contributed by atoms with Gasteiger partial charge in [0.05, 0.1) is 17.5 Å². The fourth-order valence-corrected chi connectivity index (χ4v) is 7.33. The van der Waals surface area contributed by atoms with Gasteiger partial charge in [0.2, 0.25) is 0 Å². The molecule has 2 N–H and O–H groups in total. The first kappa shape index (κ1) is 20.9. The van der Waals surface area contributed by atoms with Crippen molar-refractivity contribution in [1.29, 1.82) is 0 Å². The zero-order chi connectivity index (χ0) is 21.1. The number of thioether (sulfide) groups is 1. The minimum Gasteiger partial charge on any atom is -0.350 e. The predicted octanol–water partition coefficient (Wildman–Crippen LogP) is 3.12. The highest BCUT2D eigenvalue weighted by Gasteiger charge is 2.42. The normalized spacial score (nSPS) is 22.8. The molecule has 3 unspecified atom stereocenters. The molecule has 8 heteroatoms. The first-order chi connectivity index (χ1) is 14.4. The molecule has 0 aromatic heterocycles. The minimum atomic E-state index is -2.95. The van der Waals surface area contributed by atoms with Crippen LogP contribution in [0.4, 0.5) is 5.69 Å². The lowest BCUT2D eigenvalue weighted by molar-refractivity contribution is 0.0938. The van der Waals surface area contributed by atoms with Crippen molar-refractivity contribution in [2.75, 3.05) is 16.8 Å². The number of rotatable bonds is 6. The van der Waals surface area contributed by atoms with Crippen LogP contribution in [0.1, 0.15) is 29.3 Å². The quantitative estimate of drug-likeness (QED) is 0.716. The molecule has 0 saturated carbocycles. The second kappa shape index (κ2) is 8.81. The van der Waals surface area contributed by atoms with Crippen molar-refractivity contribution >= 4 is 38.4 Å². The van der Waals surface area contributed by atoms with Gasteiger partial charge in [0.25, 0.3) is 5.91 Å². The van der Waals surface area contributed by atoms with Crippen LogP contribution in [0.5, 0.6) is 0 Å². The number of fused-ring (bicyclic) bond motifs is 1. The molecule has 2 aliphatic rings. The van der Waals surface area contributed by atoms with Gasteiger partial charge in [-0.1, -0.05) is 42.1 Å². The molecular formula is C22H25N3O3S2. The minimum absolute atomic E-state index is 0.0138. The third-order valence-corrected chi connectivity index (χ3v) is 8.44. The van der Waals surface area contributed by atoms with E-state index in [4.69, 9.17) is 0 Å². The van der Waals surface area contributed by atoms with Gasteiger partial charge in [-0.05, 0) is 49.6 Å². The molecule has 2 heterocycles. The fraction of sp³-hybridized carbons (Fsp3) is 0.364. The van der Waals surface area contributed by atoms with Crippen molar-refractivity contribution in [3.05, 3.63) is 65.7 Å². The van der Waals surface area contributed by atoms with Crippen molar-refractivity contribution in [2.45, 2.75) is 37.1 Å². The number of benzene rings is 2. The van der Waals surface area contributed by atoms with Gasteiger partial charge >= 0.3 is 0 Å². The number of nitrogens with one attached hydrogen (secondary N) is 2. The van der Waals surface area contributed by atoms with Crippen LogP contribution in [0.2, 0.25) is 0 Å². The number of sulfone groups is 1. The highest BCUT2D eigenvalue weighted by atomic mass is 32.2. The van der Waals surface area contributed by atoms with Gasteiger partial charge in [-0.2, -0.15) is 0 Å². The molecule has 2 aromatic rings. The van der Waals surface area contributed by atoms with Crippen LogP contribution in [0, 0.1) is 0 Å². The summed E-state index contributed by atoms with van der Waals surface area (Å²) in [5.74, 6) is 0.241. The number of nitrogens with zero attached hydrogens (tertiary/aromatic N) is 1. The van der Waals surface area contributed by atoms with Gasteiger partial charge in [0.15, 0.2) is 15.0 Å². The van der Waals surface area contributed by atoms with E-state index < -0.39 is 9.84 Å². The van der Waals surface area contributed by atoms with Crippen LogP contribution in [0.3, 0.4) is 0 Å². The number of amides is 1. The Kier molecular flexibility index (Phi) is 6.15. The summed E-state index contributed by atoms with van der Waals surface area (Å²) in [5.41, 5.74) is 2.71. The van der Waals surface area contributed by atoms with Gasteiger partial charge < -0.3 is 10.6 Å². The van der Waals surface area contributed by atoms with Gasteiger partial charge in [0.1, 0.15) is 0 Å². The molecule has 30 heavy (non-hydrogen) atoms. The first-order valence-electron chi connectivity index (χ1n) is 10.0. The Morgan fingerprint density at radius 3 is 2.57 bits per heavy atom. The summed E-state index contributed by atoms with van der Waals surface area (Å²) < 4.78 is 23.3. The Morgan fingerprint density at radius 1 is 1.13 bits per heavy atom. The maximum atomic E-state index is 12.5. The van der Waals surface area contributed by atoms with E-state index in [1.54, 1.807) is 12.1 Å². The molecule has 2 aliphatic heterocycles. The fourth-order valence-electron chi connectivity index (χ4n) is 3.65. The van der Waals surface area contributed by atoms with E-state index in [0.717, 1.165) is 23.7 Å². The standard InChI is InChI=1S/C22H25N3O3S2/c1-15(7-8-16-5-3-2-4-6-16)23-21(26)17-9-11-18(12-10-17)24-22-25-19-13-30(27,28)14-20(19)29-22/h2-6,9-12,15,19-20H,7-8,13-14H2,1H3,(H,23,26)(H,24,25). The summed E-state index contributed by atoms with van der Waals surface area (Å²) in [6.45, 7) is 2.02. The summed E-state index contributed by atoms with van der Waals surface area (Å²) in [6.07, 6.45) is 1.80. The van der Waals surface area contributed by atoms with Crippen molar-refractivity contribution in [2.24, 2.45) is 4.99 Å². The molecule has 0 radical (unpaired) electrons. The Balaban J connectivity index is 1.27. The highest BCUT2D eigenvalue weighted by molar-refractivity contribution is 8.15. The smallest absolute Gasteiger partial charge is 0.251 e. The number of anilines is 1. The SMILES string of the molecule is CC(CCc1ccccc1)NC(=O)c1ccc(NC2=NC3CS(=O)(=O)CC3S2)cc1. The average molecular weight is 444 g/mol. The lowest BCUT2D eigenvalue weighted by Gasteiger charge is -2.14. The third kappa shape index (κ3) is 5.23. The van der Waals surface area contributed by atoms with Crippen LogP contribution < -0.4 is 10.6 Å². The number of carbonyl (C=O) groups excluding carboxylic acids is 1. The van der Waals surface area contributed by atoms with Crippen LogP contribution in [0.15, 0.2) is 59.6 Å². The maximum absolute atomic E-state index is 12.5. The second-order valence-electron chi connectivity index (χ2n) is 7.84. The number of aliphatic imine (C=N–C) groups is 1. The monoisotopic (exact) mass is 443 g/mol. The van der Waals surface area contributed by atoms with Gasteiger partial charge in [0, 0.05) is 22.5 Å². The Bertz CT molecular complexity index is 1040. The predicted molar refractivity (Wildman–Crippen MR) is 123 cm³/mol. The number of aryl methyl sites for hydroxylation is 1. The molecule has 0 aliphatic carbocycles. The van der Waals surface area contributed by atoms with Crippen molar-refractivity contribution < 1.29 is 13.2 Å². The zero-order valence-corrected chi connectivity index (χ0v) is 18.4. The number of amidine groups is 1. The van der Waals surface area contributed by atoms with E-state index in [0.29, 0.717) is 5.56 Å². The van der Waals surface area contributed by atoms with E-state index in [2.05, 4.69) is 27.8 Å². The van der Waals surface area contributed by atoms with Gasteiger partial charge in [-0.15, -0.1) is 0 Å². The topological polar surface area (TPSA) is 87.6 Å². The number of hydrogen-bond donors (Lipinski definition) is 2. The van der Waals surface area contributed by atoms with Gasteiger partial charge in [-0.3, -0.25) is 9.79 Å². The molecule has 1 amide bonds. The summed E-state index contributed by atoms with van der Waals surface area (Å²) in [5, 5.41) is 7.03. The summed E-state index contributed by atoms with van der Waals surface area (Å²) >= 11 is 1.48. The third-order valence-electron chi connectivity index (χ3n) is 5.30. The molecule has 6 nitrogen and oxygen atoms in total.